The van der Waals surface area contributed by atoms with E-state index in [2.05, 4.69) is 43.0 Å². The average Bonchev–Trinajstić information content (AvgIpc) is 2.09. The van der Waals surface area contributed by atoms with Crippen molar-refractivity contribution in [1.82, 2.24) is 0 Å². The highest BCUT2D eigenvalue weighted by atomic mass is 15.1. The summed E-state index contributed by atoms with van der Waals surface area (Å²) in [5.41, 5.74) is 1.32. The molecule has 1 rings (SSSR count). The van der Waals surface area contributed by atoms with Crippen LogP contribution in [0, 0.1) is 0 Å². The molecular weight excluding hydrogens is 145 g/mol. The van der Waals surface area contributed by atoms with E-state index in [-0.39, 0.29) is 8.41 Å². The van der Waals surface area contributed by atoms with Crippen molar-refractivity contribution in [2.45, 2.75) is 13.8 Å². The number of anilines is 1. The van der Waals surface area contributed by atoms with Crippen molar-refractivity contribution in [3.8, 4) is 0 Å². The Bertz CT molecular complexity index is 194. The largest absolute Gasteiger partial charge is 0.372 e. The second kappa shape index (κ2) is 5.70. The maximum atomic E-state index is 2.33. The summed E-state index contributed by atoms with van der Waals surface area (Å²) in [6, 6.07) is 10.5. The van der Waals surface area contributed by atoms with Gasteiger partial charge >= 0.3 is 0 Å². The van der Waals surface area contributed by atoms with Gasteiger partial charge in [-0.2, -0.15) is 0 Å². The van der Waals surface area contributed by atoms with Gasteiger partial charge in [-0.25, -0.2) is 0 Å². The van der Waals surface area contributed by atoms with Gasteiger partial charge in [0.15, 0.2) is 0 Å². The van der Waals surface area contributed by atoms with Crippen LogP contribution in [-0.4, -0.2) is 21.5 Å². The van der Waals surface area contributed by atoms with Crippen LogP contribution >= 0.6 is 0 Å². The third-order valence-corrected chi connectivity index (χ3v) is 1.88. The van der Waals surface area contributed by atoms with Crippen LogP contribution in [0.3, 0.4) is 0 Å². The second-order valence-corrected chi connectivity index (χ2v) is 2.51. The third-order valence-electron chi connectivity index (χ3n) is 1.88. The molecule has 3 radical (unpaired) electrons. The van der Waals surface area contributed by atoms with Gasteiger partial charge in [-0.1, -0.05) is 18.2 Å². The maximum Gasteiger partial charge on any atom is 0.0365 e. The first-order valence-electron chi connectivity index (χ1n) is 4.18. The molecule has 0 atom stereocenters. The van der Waals surface area contributed by atoms with Gasteiger partial charge in [0.2, 0.25) is 0 Å². The number of para-hydroxylation sites is 1. The Hall–Kier alpha value is -0.915. The topological polar surface area (TPSA) is 3.24 Å². The summed E-state index contributed by atoms with van der Waals surface area (Å²) in [5.74, 6) is 0. The zero-order chi connectivity index (χ0) is 8.10. The summed E-state index contributed by atoms with van der Waals surface area (Å²) >= 11 is 0. The molecule has 0 aliphatic carbocycles. The Balaban J connectivity index is 0.00000121. The lowest BCUT2D eigenvalue weighted by molar-refractivity contribution is 0.866. The molecular formula is C10H15BN. The highest BCUT2D eigenvalue weighted by Gasteiger charge is 1.97. The van der Waals surface area contributed by atoms with Crippen LogP contribution in [-0.2, 0) is 0 Å². The number of rotatable bonds is 3. The predicted molar refractivity (Wildman–Crippen MR) is 55.8 cm³/mol. The first-order valence-corrected chi connectivity index (χ1v) is 4.18. The van der Waals surface area contributed by atoms with Crippen molar-refractivity contribution >= 4 is 14.1 Å². The van der Waals surface area contributed by atoms with Gasteiger partial charge < -0.3 is 4.90 Å². The van der Waals surface area contributed by atoms with Crippen molar-refractivity contribution in [3.63, 3.8) is 0 Å². The van der Waals surface area contributed by atoms with E-state index in [9.17, 15) is 0 Å². The van der Waals surface area contributed by atoms with Crippen molar-refractivity contribution in [3.05, 3.63) is 30.3 Å². The van der Waals surface area contributed by atoms with Crippen LogP contribution in [0.25, 0.3) is 0 Å². The molecule has 0 saturated carbocycles. The third kappa shape index (κ3) is 2.61. The van der Waals surface area contributed by atoms with Crippen molar-refractivity contribution in [2.75, 3.05) is 18.0 Å². The Labute approximate surface area is 77.0 Å². The summed E-state index contributed by atoms with van der Waals surface area (Å²) in [6.45, 7) is 6.52. The zero-order valence-electron chi connectivity index (χ0n) is 7.83. The first-order chi connectivity index (χ1) is 5.38. The van der Waals surface area contributed by atoms with Crippen molar-refractivity contribution < 1.29 is 0 Å². The fourth-order valence-electron chi connectivity index (χ4n) is 1.23. The van der Waals surface area contributed by atoms with Gasteiger partial charge in [-0.05, 0) is 26.0 Å². The zero-order valence-corrected chi connectivity index (χ0v) is 7.83. The standard InChI is InChI=1S/C10H15N.B/c1-3-11(4-2)10-8-6-5-7-9-10;/h5-9H,3-4H2,1-2H3;. The number of benzene rings is 1. The van der Waals surface area contributed by atoms with Gasteiger partial charge in [0.05, 0.1) is 0 Å². The van der Waals surface area contributed by atoms with E-state index in [4.69, 9.17) is 0 Å². The molecule has 0 aliphatic rings. The molecule has 0 fully saturated rings. The highest BCUT2D eigenvalue weighted by molar-refractivity contribution is 5.75. The predicted octanol–water partition coefficient (Wildman–Crippen LogP) is 2.15. The van der Waals surface area contributed by atoms with Gasteiger partial charge in [-0.3, -0.25) is 0 Å². The SMILES string of the molecule is CCN(CC)c1ccccc1.[B]. The van der Waals surface area contributed by atoms with Gasteiger partial charge in [-0.15, -0.1) is 0 Å². The molecule has 0 amide bonds. The van der Waals surface area contributed by atoms with E-state index in [1.165, 1.54) is 5.69 Å². The summed E-state index contributed by atoms with van der Waals surface area (Å²) in [7, 11) is 0. The van der Waals surface area contributed by atoms with Crippen LogP contribution in [0.2, 0.25) is 0 Å². The minimum absolute atomic E-state index is 0. The molecule has 0 saturated heterocycles. The van der Waals surface area contributed by atoms with E-state index in [0.717, 1.165) is 13.1 Å². The quantitative estimate of drug-likeness (QED) is 0.612. The Morgan fingerprint density at radius 2 is 1.50 bits per heavy atom. The molecule has 0 heterocycles. The lowest BCUT2D eigenvalue weighted by Gasteiger charge is -2.20. The molecule has 0 spiro atoms. The van der Waals surface area contributed by atoms with Crippen molar-refractivity contribution in [2.24, 2.45) is 0 Å². The fraction of sp³-hybridized carbons (Fsp3) is 0.400. The Kier molecular flexibility index (Phi) is 5.26. The molecule has 12 heavy (non-hydrogen) atoms. The molecule has 0 aliphatic heterocycles. The number of hydrogen-bond acceptors (Lipinski definition) is 1. The number of nitrogens with zero attached hydrogens (tertiary/aromatic N) is 1. The lowest BCUT2D eigenvalue weighted by Crippen LogP contribution is -2.21. The second-order valence-electron chi connectivity index (χ2n) is 2.51. The van der Waals surface area contributed by atoms with Crippen LogP contribution in [0.4, 0.5) is 5.69 Å². The molecule has 0 N–H and O–H groups in total. The molecule has 2 heteroatoms. The Morgan fingerprint density at radius 1 is 1.00 bits per heavy atom. The van der Waals surface area contributed by atoms with E-state index < -0.39 is 0 Å². The molecule has 63 valence electrons. The number of hydrogen-bond donors (Lipinski definition) is 0. The summed E-state index contributed by atoms with van der Waals surface area (Å²) in [4.78, 5) is 2.33. The maximum absolute atomic E-state index is 2.33. The highest BCUT2D eigenvalue weighted by Crippen LogP contribution is 2.11. The van der Waals surface area contributed by atoms with Crippen molar-refractivity contribution in [1.29, 1.82) is 0 Å². The van der Waals surface area contributed by atoms with E-state index in [1.54, 1.807) is 0 Å². The molecule has 1 aromatic carbocycles. The molecule has 0 unspecified atom stereocenters. The summed E-state index contributed by atoms with van der Waals surface area (Å²) in [5, 5.41) is 0. The van der Waals surface area contributed by atoms with Crippen LogP contribution in [0.1, 0.15) is 13.8 Å². The molecule has 1 nitrogen and oxygen atoms in total. The monoisotopic (exact) mass is 160 g/mol. The van der Waals surface area contributed by atoms with Crippen LogP contribution < -0.4 is 4.90 Å². The molecule has 0 aromatic heterocycles. The smallest absolute Gasteiger partial charge is 0.0365 e. The normalized spacial score (nSPS) is 8.83. The minimum Gasteiger partial charge on any atom is -0.372 e. The fourth-order valence-corrected chi connectivity index (χ4v) is 1.23. The average molecular weight is 160 g/mol. The summed E-state index contributed by atoms with van der Waals surface area (Å²) < 4.78 is 0. The molecule has 1 aromatic rings. The van der Waals surface area contributed by atoms with Crippen LogP contribution in [0.5, 0.6) is 0 Å². The van der Waals surface area contributed by atoms with Gasteiger partial charge in [0, 0.05) is 27.2 Å². The first kappa shape index (κ1) is 11.1. The minimum atomic E-state index is 0. The van der Waals surface area contributed by atoms with E-state index in [0.29, 0.717) is 0 Å². The molecule has 0 bridgehead atoms. The van der Waals surface area contributed by atoms with Crippen LogP contribution in [0.15, 0.2) is 30.3 Å². The van der Waals surface area contributed by atoms with Gasteiger partial charge in [0.25, 0.3) is 0 Å². The van der Waals surface area contributed by atoms with Gasteiger partial charge in [0.1, 0.15) is 0 Å². The lowest BCUT2D eigenvalue weighted by atomic mass is 10.3. The Morgan fingerprint density at radius 3 is 1.92 bits per heavy atom. The van der Waals surface area contributed by atoms with E-state index in [1.807, 2.05) is 6.07 Å². The summed E-state index contributed by atoms with van der Waals surface area (Å²) in [6.07, 6.45) is 0. The van der Waals surface area contributed by atoms with E-state index >= 15 is 0 Å².